The quantitative estimate of drug-likeness (QED) is 0.691. The molecule has 0 unspecified atom stereocenters. The van der Waals surface area contributed by atoms with Crippen molar-refractivity contribution in [2.24, 2.45) is 5.92 Å². The molecule has 0 spiro atoms. The molecule has 0 amide bonds. The van der Waals surface area contributed by atoms with Crippen molar-refractivity contribution in [3.8, 4) is 0 Å². The van der Waals surface area contributed by atoms with E-state index in [2.05, 4.69) is 15.6 Å². The van der Waals surface area contributed by atoms with Crippen molar-refractivity contribution in [2.45, 2.75) is 12.8 Å². The summed E-state index contributed by atoms with van der Waals surface area (Å²) in [4.78, 5) is 4.15. The van der Waals surface area contributed by atoms with Gasteiger partial charge >= 0.3 is 0 Å². The lowest BCUT2D eigenvalue weighted by molar-refractivity contribution is 0.134. The minimum atomic E-state index is 0.772. The van der Waals surface area contributed by atoms with Gasteiger partial charge in [0.2, 0.25) is 0 Å². The Bertz CT molecular complexity index is 326. The van der Waals surface area contributed by atoms with Crippen LogP contribution in [-0.4, -0.2) is 31.8 Å². The second kappa shape index (κ2) is 5.70. The van der Waals surface area contributed by atoms with Gasteiger partial charge in [-0.1, -0.05) is 0 Å². The van der Waals surface area contributed by atoms with Crippen LogP contribution >= 0.6 is 0 Å². The summed E-state index contributed by atoms with van der Waals surface area (Å²) < 4.78 is 5.54. The standard InChI is InChI=1S/C12H19N3O/c1-13-12-8-11(4-5-15-12)14-6-7-16-9-10-2-3-10/h4-5,8,10H,2-3,6-7,9H2,1H3,(H2,13,14,15). The highest BCUT2D eigenvalue weighted by Gasteiger charge is 2.20. The largest absolute Gasteiger partial charge is 0.383 e. The molecule has 16 heavy (non-hydrogen) atoms. The number of hydrogen-bond acceptors (Lipinski definition) is 4. The van der Waals surface area contributed by atoms with Crippen LogP contribution in [0.5, 0.6) is 0 Å². The minimum absolute atomic E-state index is 0.772. The lowest BCUT2D eigenvalue weighted by atomic mass is 10.4. The number of anilines is 2. The smallest absolute Gasteiger partial charge is 0.127 e. The van der Waals surface area contributed by atoms with Crippen LogP contribution in [0.3, 0.4) is 0 Å². The Morgan fingerprint density at radius 3 is 3.12 bits per heavy atom. The van der Waals surface area contributed by atoms with E-state index >= 15 is 0 Å². The van der Waals surface area contributed by atoms with Crippen LogP contribution in [0.4, 0.5) is 11.5 Å². The zero-order chi connectivity index (χ0) is 11.2. The van der Waals surface area contributed by atoms with Gasteiger partial charge in [-0.3, -0.25) is 0 Å². The molecule has 0 aliphatic heterocycles. The molecule has 1 aliphatic rings. The van der Waals surface area contributed by atoms with Crippen LogP contribution in [0.2, 0.25) is 0 Å². The van der Waals surface area contributed by atoms with Gasteiger partial charge in [0.25, 0.3) is 0 Å². The van der Waals surface area contributed by atoms with Crippen LogP contribution in [0, 0.1) is 5.92 Å². The van der Waals surface area contributed by atoms with E-state index in [1.807, 2.05) is 19.2 Å². The number of aromatic nitrogens is 1. The lowest BCUT2D eigenvalue weighted by Gasteiger charge is -2.08. The Hall–Kier alpha value is -1.29. The van der Waals surface area contributed by atoms with E-state index in [0.29, 0.717) is 0 Å². The maximum Gasteiger partial charge on any atom is 0.127 e. The van der Waals surface area contributed by atoms with Crippen molar-refractivity contribution in [3.05, 3.63) is 18.3 Å². The number of rotatable bonds is 7. The van der Waals surface area contributed by atoms with Gasteiger partial charge in [0.15, 0.2) is 0 Å². The summed E-state index contributed by atoms with van der Waals surface area (Å²) in [5.41, 5.74) is 1.08. The van der Waals surface area contributed by atoms with E-state index in [0.717, 1.165) is 37.2 Å². The van der Waals surface area contributed by atoms with Crippen molar-refractivity contribution < 1.29 is 4.74 Å². The highest BCUT2D eigenvalue weighted by atomic mass is 16.5. The van der Waals surface area contributed by atoms with Crippen molar-refractivity contribution in [1.82, 2.24) is 4.98 Å². The maximum atomic E-state index is 5.54. The first-order chi connectivity index (χ1) is 7.88. The summed E-state index contributed by atoms with van der Waals surface area (Å²) in [5, 5.41) is 6.32. The van der Waals surface area contributed by atoms with Crippen LogP contribution < -0.4 is 10.6 Å². The van der Waals surface area contributed by atoms with Gasteiger partial charge in [0.05, 0.1) is 6.61 Å². The van der Waals surface area contributed by atoms with Crippen LogP contribution in [0.15, 0.2) is 18.3 Å². The van der Waals surface area contributed by atoms with Gasteiger partial charge in [0.1, 0.15) is 5.82 Å². The highest BCUT2D eigenvalue weighted by molar-refractivity contribution is 5.51. The number of hydrogen-bond donors (Lipinski definition) is 2. The van der Waals surface area contributed by atoms with Gasteiger partial charge in [-0.15, -0.1) is 0 Å². The zero-order valence-electron chi connectivity index (χ0n) is 9.70. The van der Waals surface area contributed by atoms with Crippen LogP contribution in [0.25, 0.3) is 0 Å². The van der Waals surface area contributed by atoms with Gasteiger partial charge in [-0.25, -0.2) is 4.98 Å². The molecule has 1 aromatic rings. The molecule has 1 aromatic heterocycles. The third kappa shape index (κ3) is 3.70. The molecule has 4 nitrogen and oxygen atoms in total. The summed E-state index contributed by atoms with van der Waals surface area (Å²) in [6.45, 7) is 2.55. The molecular weight excluding hydrogens is 202 g/mol. The van der Waals surface area contributed by atoms with E-state index in [1.165, 1.54) is 12.8 Å². The summed E-state index contributed by atoms with van der Waals surface area (Å²) >= 11 is 0. The highest BCUT2D eigenvalue weighted by Crippen LogP contribution is 2.28. The first kappa shape index (κ1) is 11.2. The molecule has 4 heteroatoms. The Morgan fingerprint density at radius 2 is 2.38 bits per heavy atom. The zero-order valence-corrected chi connectivity index (χ0v) is 9.70. The average Bonchev–Trinajstić information content (AvgIpc) is 3.13. The Morgan fingerprint density at radius 1 is 1.50 bits per heavy atom. The molecule has 0 bridgehead atoms. The summed E-state index contributed by atoms with van der Waals surface area (Å²) in [5.74, 6) is 1.72. The average molecular weight is 221 g/mol. The lowest BCUT2D eigenvalue weighted by Crippen LogP contribution is -2.10. The Labute approximate surface area is 96.4 Å². The predicted molar refractivity (Wildman–Crippen MR) is 65.8 cm³/mol. The summed E-state index contributed by atoms with van der Waals surface area (Å²) in [7, 11) is 1.87. The third-order valence-corrected chi connectivity index (χ3v) is 2.64. The first-order valence-corrected chi connectivity index (χ1v) is 5.84. The fourth-order valence-corrected chi connectivity index (χ4v) is 1.48. The molecule has 1 saturated carbocycles. The number of nitrogens with zero attached hydrogens (tertiary/aromatic N) is 1. The predicted octanol–water partition coefficient (Wildman–Crippen LogP) is 1.96. The van der Waals surface area contributed by atoms with Crippen LogP contribution in [-0.2, 0) is 4.74 Å². The minimum Gasteiger partial charge on any atom is -0.383 e. The van der Waals surface area contributed by atoms with E-state index in [9.17, 15) is 0 Å². The second-order valence-electron chi connectivity index (χ2n) is 4.12. The molecule has 2 N–H and O–H groups in total. The van der Waals surface area contributed by atoms with E-state index < -0.39 is 0 Å². The van der Waals surface area contributed by atoms with Crippen LogP contribution in [0.1, 0.15) is 12.8 Å². The van der Waals surface area contributed by atoms with Crippen molar-refractivity contribution in [2.75, 3.05) is 37.4 Å². The molecule has 88 valence electrons. The number of pyridine rings is 1. The Kier molecular flexibility index (Phi) is 3.99. The van der Waals surface area contributed by atoms with Gasteiger partial charge in [-0.05, 0) is 24.8 Å². The van der Waals surface area contributed by atoms with Gasteiger partial charge in [-0.2, -0.15) is 0 Å². The SMILES string of the molecule is CNc1cc(NCCOCC2CC2)ccn1. The first-order valence-electron chi connectivity index (χ1n) is 5.84. The number of nitrogens with one attached hydrogen (secondary N) is 2. The molecule has 0 saturated heterocycles. The van der Waals surface area contributed by atoms with E-state index in [4.69, 9.17) is 4.74 Å². The third-order valence-electron chi connectivity index (χ3n) is 2.64. The molecule has 1 heterocycles. The molecule has 0 aromatic carbocycles. The van der Waals surface area contributed by atoms with Gasteiger partial charge < -0.3 is 15.4 Å². The monoisotopic (exact) mass is 221 g/mol. The summed E-state index contributed by atoms with van der Waals surface area (Å²) in [6.07, 6.45) is 4.49. The molecule has 2 rings (SSSR count). The molecule has 1 aliphatic carbocycles. The topological polar surface area (TPSA) is 46.2 Å². The van der Waals surface area contributed by atoms with Gasteiger partial charge in [0, 0.05) is 38.1 Å². The van der Waals surface area contributed by atoms with Crippen molar-refractivity contribution >= 4 is 11.5 Å². The van der Waals surface area contributed by atoms with Crippen molar-refractivity contribution in [3.63, 3.8) is 0 Å². The second-order valence-corrected chi connectivity index (χ2v) is 4.12. The number of ether oxygens (including phenoxy) is 1. The summed E-state index contributed by atoms with van der Waals surface area (Å²) in [6, 6.07) is 3.95. The fraction of sp³-hybridized carbons (Fsp3) is 0.583. The fourth-order valence-electron chi connectivity index (χ4n) is 1.48. The molecule has 1 fully saturated rings. The maximum absolute atomic E-state index is 5.54. The molecule has 0 radical (unpaired) electrons. The van der Waals surface area contributed by atoms with E-state index in [-0.39, 0.29) is 0 Å². The molecular formula is C12H19N3O. The normalized spacial score (nSPS) is 14.8. The van der Waals surface area contributed by atoms with E-state index in [1.54, 1.807) is 6.20 Å². The molecule has 0 atom stereocenters. The van der Waals surface area contributed by atoms with Crippen molar-refractivity contribution in [1.29, 1.82) is 0 Å². The Balaban J connectivity index is 1.63.